The van der Waals surface area contributed by atoms with Crippen LogP contribution in [-0.2, 0) is 4.74 Å². The van der Waals surface area contributed by atoms with Crippen LogP contribution >= 0.6 is 15.9 Å². The van der Waals surface area contributed by atoms with Crippen molar-refractivity contribution in [2.75, 3.05) is 6.79 Å². The number of carbonyl (C=O) groups is 1. The Morgan fingerprint density at radius 2 is 2.15 bits per heavy atom. The van der Waals surface area contributed by atoms with Gasteiger partial charge in [-0.25, -0.2) is 9.18 Å². The number of rotatable bonds is 0. The number of carbonyl (C=O) groups excluding carboxylic acids is 1. The van der Waals surface area contributed by atoms with Crippen molar-refractivity contribution in [1.29, 1.82) is 0 Å². The standard InChI is InChI=1S/C8H4BrFO3/c9-4-1-2-5-6(7(4)10)8(11)13-3-12-5/h1-2H,3H2. The minimum absolute atomic E-state index is 0.152. The van der Waals surface area contributed by atoms with E-state index < -0.39 is 11.8 Å². The Balaban J connectivity index is 2.65. The normalized spacial score (nSPS) is 14.5. The van der Waals surface area contributed by atoms with Crippen LogP contribution in [0.15, 0.2) is 16.6 Å². The minimum Gasteiger partial charge on any atom is -0.456 e. The van der Waals surface area contributed by atoms with Crippen molar-refractivity contribution in [3.63, 3.8) is 0 Å². The Bertz CT molecular complexity index is 378. The summed E-state index contributed by atoms with van der Waals surface area (Å²) in [6.45, 7) is -0.160. The molecule has 68 valence electrons. The molecule has 0 aromatic heterocycles. The summed E-state index contributed by atoms with van der Waals surface area (Å²) in [4.78, 5) is 11.1. The van der Waals surface area contributed by atoms with E-state index in [9.17, 15) is 9.18 Å². The first-order valence-electron chi connectivity index (χ1n) is 3.48. The van der Waals surface area contributed by atoms with Gasteiger partial charge < -0.3 is 9.47 Å². The van der Waals surface area contributed by atoms with Crippen LogP contribution in [0.4, 0.5) is 4.39 Å². The number of esters is 1. The van der Waals surface area contributed by atoms with Crippen LogP contribution in [0.3, 0.4) is 0 Å². The second kappa shape index (κ2) is 2.99. The molecule has 0 amide bonds. The van der Waals surface area contributed by atoms with Gasteiger partial charge in [0.25, 0.3) is 0 Å². The molecule has 0 spiro atoms. The van der Waals surface area contributed by atoms with Crippen molar-refractivity contribution in [1.82, 2.24) is 0 Å². The molecule has 0 radical (unpaired) electrons. The van der Waals surface area contributed by atoms with E-state index >= 15 is 0 Å². The van der Waals surface area contributed by atoms with Crippen molar-refractivity contribution in [2.45, 2.75) is 0 Å². The lowest BCUT2D eigenvalue weighted by molar-refractivity contribution is 0.00397. The van der Waals surface area contributed by atoms with E-state index in [4.69, 9.17) is 4.74 Å². The second-order valence-electron chi connectivity index (χ2n) is 2.43. The molecule has 0 unspecified atom stereocenters. The highest BCUT2D eigenvalue weighted by molar-refractivity contribution is 9.10. The average Bonchev–Trinajstić information content (AvgIpc) is 2.12. The Labute approximate surface area is 81.6 Å². The highest BCUT2D eigenvalue weighted by atomic mass is 79.9. The highest BCUT2D eigenvalue weighted by Crippen LogP contribution is 2.30. The number of ether oxygens (including phenoxy) is 2. The molecule has 2 rings (SSSR count). The smallest absolute Gasteiger partial charge is 0.347 e. The lowest BCUT2D eigenvalue weighted by atomic mass is 10.2. The summed E-state index contributed by atoms with van der Waals surface area (Å²) in [5.41, 5.74) is -0.152. The zero-order valence-corrected chi connectivity index (χ0v) is 7.93. The van der Waals surface area contributed by atoms with Gasteiger partial charge in [0.05, 0.1) is 4.47 Å². The van der Waals surface area contributed by atoms with E-state index in [1.54, 1.807) is 0 Å². The quantitative estimate of drug-likeness (QED) is 0.658. The monoisotopic (exact) mass is 246 g/mol. The van der Waals surface area contributed by atoms with E-state index in [0.29, 0.717) is 0 Å². The number of hydrogen-bond donors (Lipinski definition) is 0. The van der Waals surface area contributed by atoms with E-state index in [1.807, 2.05) is 0 Å². The lowest BCUT2D eigenvalue weighted by Crippen LogP contribution is -2.20. The molecule has 0 N–H and O–H groups in total. The molecule has 5 heteroatoms. The third kappa shape index (κ3) is 1.29. The zero-order valence-electron chi connectivity index (χ0n) is 6.34. The van der Waals surface area contributed by atoms with Crippen molar-refractivity contribution < 1.29 is 18.7 Å². The fourth-order valence-corrected chi connectivity index (χ4v) is 1.39. The van der Waals surface area contributed by atoms with Gasteiger partial charge >= 0.3 is 5.97 Å². The molecule has 0 saturated carbocycles. The van der Waals surface area contributed by atoms with Gasteiger partial charge in [-0.1, -0.05) is 0 Å². The summed E-state index contributed by atoms with van der Waals surface area (Å²) in [6.07, 6.45) is 0. The molecule has 1 heterocycles. The lowest BCUT2D eigenvalue weighted by Gasteiger charge is -2.17. The third-order valence-corrected chi connectivity index (χ3v) is 2.28. The molecule has 3 nitrogen and oxygen atoms in total. The Morgan fingerprint density at radius 3 is 2.92 bits per heavy atom. The van der Waals surface area contributed by atoms with Crippen LogP contribution < -0.4 is 4.74 Å². The predicted molar refractivity (Wildman–Crippen MR) is 45.0 cm³/mol. The van der Waals surface area contributed by atoms with Crippen LogP contribution in [0.25, 0.3) is 0 Å². The molecule has 0 saturated heterocycles. The first-order chi connectivity index (χ1) is 6.20. The molecular formula is C8H4BrFO3. The van der Waals surface area contributed by atoms with Crippen molar-refractivity contribution >= 4 is 21.9 Å². The van der Waals surface area contributed by atoms with Crippen LogP contribution in [-0.4, -0.2) is 12.8 Å². The van der Waals surface area contributed by atoms with E-state index in [-0.39, 0.29) is 22.6 Å². The third-order valence-electron chi connectivity index (χ3n) is 1.67. The number of cyclic esters (lactones) is 1. The summed E-state index contributed by atoms with van der Waals surface area (Å²) in [7, 11) is 0. The fourth-order valence-electron chi connectivity index (χ4n) is 1.06. The SMILES string of the molecule is O=C1OCOc2ccc(Br)c(F)c21. The van der Waals surface area contributed by atoms with Crippen LogP contribution in [0.2, 0.25) is 0 Å². The van der Waals surface area contributed by atoms with Crippen molar-refractivity contribution in [2.24, 2.45) is 0 Å². The summed E-state index contributed by atoms with van der Waals surface area (Å²) in [6, 6.07) is 3.00. The molecule has 1 aromatic rings. The Hall–Kier alpha value is -1.10. The number of hydrogen-bond acceptors (Lipinski definition) is 3. The van der Waals surface area contributed by atoms with Gasteiger partial charge in [0.2, 0.25) is 6.79 Å². The first kappa shape index (κ1) is 8.50. The number of fused-ring (bicyclic) bond motifs is 1. The summed E-state index contributed by atoms with van der Waals surface area (Å²) in [5, 5.41) is 0. The van der Waals surface area contributed by atoms with Crippen molar-refractivity contribution in [3.05, 3.63) is 28.0 Å². The topological polar surface area (TPSA) is 35.5 Å². The van der Waals surface area contributed by atoms with Gasteiger partial charge in [-0.05, 0) is 28.1 Å². The maximum Gasteiger partial charge on any atom is 0.347 e. The van der Waals surface area contributed by atoms with Crippen molar-refractivity contribution in [3.8, 4) is 5.75 Å². The zero-order chi connectivity index (χ0) is 9.42. The molecule has 1 aliphatic rings. The van der Waals surface area contributed by atoms with E-state index in [0.717, 1.165) is 0 Å². The summed E-state index contributed by atoms with van der Waals surface area (Å²) in [5.74, 6) is -1.13. The fraction of sp³-hybridized carbons (Fsp3) is 0.125. The Kier molecular flexibility index (Phi) is 1.95. The molecule has 0 atom stereocenters. The highest BCUT2D eigenvalue weighted by Gasteiger charge is 2.25. The Morgan fingerprint density at radius 1 is 1.38 bits per heavy atom. The largest absolute Gasteiger partial charge is 0.456 e. The predicted octanol–water partition coefficient (Wildman–Crippen LogP) is 2.09. The van der Waals surface area contributed by atoms with Gasteiger partial charge in [-0.2, -0.15) is 0 Å². The molecule has 0 fully saturated rings. The molecule has 0 aliphatic carbocycles. The molecule has 13 heavy (non-hydrogen) atoms. The number of benzene rings is 1. The number of halogens is 2. The van der Waals surface area contributed by atoms with Gasteiger partial charge in [0, 0.05) is 0 Å². The van der Waals surface area contributed by atoms with Gasteiger partial charge in [-0.15, -0.1) is 0 Å². The van der Waals surface area contributed by atoms with E-state index in [2.05, 4.69) is 20.7 Å². The molecular weight excluding hydrogens is 243 g/mol. The summed E-state index contributed by atoms with van der Waals surface area (Å²) < 4.78 is 23.0. The molecule has 1 aliphatic heterocycles. The summed E-state index contributed by atoms with van der Waals surface area (Å²) >= 11 is 2.96. The molecule has 0 bridgehead atoms. The van der Waals surface area contributed by atoms with E-state index in [1.165, 1.54) is 12.1 Å². The maximum atomic E-state index is 13.3. The van der Waals surface area contributed by atoms with Gasteiger partial charge in [-0.3, -0.25) is 0 Å². The second-order valence-corrected chi connectivity index (χ2v) is 3.28. The van der Waals surface area contributed by atoms with Crippen LogP contribution in [0, 0.1) is 5.82 Å². The molecule has 1 aromatic carbocycles. The maximum absolute atomic E-state index is 13.3. The van der Waals surface area contributed by atoms with Gasteiger partial charge in [0.1, 0.15) is 11.3 Å². The van der Waals surface area contributed by atoms with Crippen LogP contribution in [0.5, 0.6) is 5.75 Å². The van der Waals surface area contributed by atoms with Gasteiger partial charge in [0.15, 0.2) is 5.82 Å². The minimum atomic E-state index is -0.694. The average molecular weight is 247 g/mol. The first-order valence-corrected chi connectivity index (χ1v) is 4.27. The van der Waals surface area contributed by atoms with Crippen LogP contribution in [0.1, 0.15) is 10.4 Å².